The lowest BCUT2D eigenvalue weighted by Gasteiger charge is -2.45. The molecule has 8 nitrogen and oxygen atoms in total. The fourth-order valence-electron chi connectivity index (χ4n) is 4.79. The SMILES string of the molecule is CN=C(NCC1(N2CCCC2)CCOCC1)N1CCN(Cc2ccon2)CC1. The molecule has 0 atom stereocenters. The van der Waals surface area contributed by atoms with Crippen LogP contribution < -0.4 is 5.32 Å². The third kappa shape index (κ3) is 4.50. The zero-order valence-electron chi connectivity index (χ0n) is 17.1. The molecular weight excluding hydrogens is 356 g/mol. The number of hydrogen-bond acceptors (Lipinski definition) is 6. The lowest BCUT2D eigenvalue weighted by molar-refractivity contribution is -0.0167. The largest absolute Gasteiger partial charge is 0.381 e. The van der Waals surface area contributed by atoms with Crippen LogP contribution in [0.15, 0.2) is 21.8 Å². The summed E-state index contributed by atoms with van der Waals surface area (Å²) >= 11 is 0. The first kappa shape index (κ1) is 19.7. The second-order valence-electron chi connectivity index (χ2n) is 8.19. The van der Waals surface area contributed by atoms with Crippen molar-refractivity contribution in [2.24, 2.45) is 4.99 Å². The summed E-state index contributed by atoms with van der Waals surface area (Å²) in [6.07, 6.45) is 6.52. The van der Waals surface area contributed by atoms with Crippen molar-refractivity contribution in [2.45, 2.75) is 37.8 Å². The minimum Gasteiger partial charge on any atom is -0.381 e. The number of hydrogen-bond donors (Lipinski definition) is 1. The Kier molecular flexibility index (Phi) is 6.49. The Morgan fingerprint density at radius 3 is 2.54 bits per heavy atom. The normalized spacial score (nSPS) is 24.6. The van der Waals surface area contributed by atoms with Crippen molar-refractivity contribution in [3.8, 4) is 0 Å². The first-order valence-electron chi connectivity index (χ1n) is 10.7. The second-order valence-corrected chi connectivity index (χ2v) is 8.19. The molecule has 3 aliphatic heterocycles. The topological polar surface area (TPSA) is 69.4 Å². The second kappa shape index (κ2) is 9.24. The molecule has 0 unspecified atom stereocenters. The molecule has 28 heavy (non-hydrogen) atoms. The zero-order chi connectivity index (χ0) is 19.2. The van der Waals surface area contributed by atoms with Crippen molar-refractivity contribution >= 4 is 5.96 Å². The predicted octanol–water partition coefficient (Wildman–Crippen LogP) is 1.01. The van der Waals surface area contributed by atoms with Gasteiger partial charge in [-0.1, -0.05) is 5.16 Å². The first-order chi connectivity index (χ1) is 13.8. The average molecular weight is 391 g/mol. The van der Waals surface area contributed by atoms with Gasteiger partial charge in [0.15, 0.2) is 5.96 Å². The number of nitrogens with zero attached hydrogens (tertiary/aromatic N) is 5. The summed E-state index contributed by atoms with van der Waals surface area (Å²) in [4.78, 5) is 12.1. The van der Waals surface area contributed by atoms with E-state index >= 15 is 0 Å². The molecule has 0 aliphatic carbocycles. The van der Waals surface area contributed by atoms with E-state index in [1.165, 1.54) is 25.9 Å². The number of guanidine groups is 1. The lowest BCUT2D eigenvalue weighted by atomic mass is 9.88. The van der Waals surface area contributed by atoms with Crippen molar-refractivity contribution < 1.29 is 9.26 Å². The van der Waals surface area contributed by atoms with Crippen LogP contribution in [0.25, 0.3) is 0 Å². The Balaban J connectivity index is 1.30. The minimum absolute atomic E-state index is 0.222. The van der Waals surface area contributed by atoms with Gasteiger partial charge >= 0.3 is 0 Å². The summed E-state index contributed by atoms with van der Waals surface area (Å²) in [5, 5.41) is 7.75. The summed E-state index contributed by atoms with van der Waals surface area (Å²) in [6, 6.07) is 1.94. The van der Waals surface area contributed by atoms with Crippen LogP contribution in [0.4, 0.5) is 0 Å². The van der Waals surface area contributed by atoms with Crippen LogP contribution in [0.5, 0.6) is 0 Å². The van der Waals surface area contributed by atoms with Gasteiger partial charge in [-0.3, -0.25) is 14.8 Å². The van der Waals surface area contributed by atoms with Crippen molar-refractivity contribution in [1.82, 2.24) is 25.2 Å². The summed E-state index contributed by atoms with van der Waals surface area (Å²) < 4.78 is 10.6. The van der Waals surface area contributed by atoms with Crippen LogP contribution in [0.1, 0.15) is 31.4 Å². The van der Waals surface area contributed by atoms with E-state index in [-0.39, 0.29) is 5.54 Å². The molecule has 3 aliphatic rings. The summed E-state index contributed by atoms with van der Waals surface area (Å²) in [6.45, 7) is 10.00. The third-order valence-corrected chi connectivity index (χ3v) is 6.54. The van der Waals surface area contributed by atoms with Crippen LogP contribution in [0, 0.1) is 0 Å². The Morgan fingerprint density at radius 1 is 1.14 bits per heavy atom. The molecule has 0 aromatic carbocycles. The molecule has 0 saturated carbocycles. The van der Waals surface area contributed by atoms with Gasteiger partial charge in [-0.15, -0.1) is 0 Å². The van der Waals surface area contributed by atoms with Crippen molar-refractivity contribution in [3.63, 3.8) is 0 Å². The van der Waals surface area contributed by atoms with E-state index in [1.54, 1.807) is 6.26 Å². The van der Waals surface area contributed by atoms with Gasteiger partial charge in [0.2, 0.25) is 0 Å². The molecule has 4 rings (SSSR count). The highest BCUT2D eigenvalue weighted by Gasteiger charge is 2.40. The van der Waals surface area contributed by atoms with Gasteiger partial charge in [0.05, 0.1) is 5.69 Å². The molecule has 0 amide bonds. The Hall–Kier alpha value is -1.64. The van der Waals surface area contributed by atoms with Gasteiger partial charge in [-0.25, -0.2) is 0 Å². The Morgan fingerprint density at radius 2 is 1.89 bits per heavy atom. The molecular formula is C20H34N6O2. The molecule has 4 heterocycles. The van der Waals surface area contributed by atoms with E-state index in [0.29, 0.717) is 0 Å². The number of aliphatic imine (C=N–C) groups is 1. The predicted molar refractivity (Wildman–Crippen MR) is 108 cm³/mol. The van der Waals surface area contributed by atoms with E-state index in [0.717, 1.165) is 77.0 Å². The first-order valence-corrected chi connectivity index (χ1v) is 10.7. The van der Waals surface area contributed by atoms with Crippen LogP contribution in [0.2, 0.25) is 0 Å². The van der Waals surface area contributed by atoms with E-state index < -0.39 is 0 Å². The van der Waals surface area contributed by atoms with Gasteiger partial charge in [-0.2, -0.15) is 0 Å². The quantitative estimate of drug-likeness (QED) is 0.594. The van der Waals surface area contributed by atoms with E-state index in [2.05, 4.69) is 30.2 Å². The third-order valence-electron chi connectivity index (χ3n) is 6.54. The van der Waals surface area contributed by atoms with Gasteiger partial charge in [0.25, 0.3) is 0 Å². The molecule has 1 N–H and O–H groups in total. The standard InChI is InChI=1S/C20H34N6O2/c1-21-19(25-11-9-24(10-12-25)16-18-4-13-28-23-18)22-17-20(5-14-27-15-6-20)26-7-2-3-8-26/h4,13H,2-3,5-12,14-17H2,1H3,(H,21,22). The van der Waals surface area contributed by atoms with Crippen molar-refractivity contribution in [2.75, 3.05) is 66.1 Å². The number of aromatic nitrogens is 1. The zero-order valence-corrected chi connectivity index (χ0v) is 17.1. The molecule has 1 aromatic rings. The maximum Gasteiger partial charge on any atom is 0.193 e. The van der Waals surface area contributed by atoms with Gasteiger partial charge in [-0.05, 0) is 38.8 Å². The molecule has 0 bridgehead atoms. The molecule has 1 aromatic heterocycles. The van der Waals surface area contributed by atoms with Gasteiger partial charge in [0, 0.05) is 71.1 Å². The number of ether oxygens (including phenoxy) is 1. The number of rotatable bonds is 5. The molecule has 0 radical (unpaired) electrons. The highest BCUT2D eigenvalue weighted by Crippen LogP contribution is 2.30. The highest BCUT2D eigenvalue weighted by atomic mass is 16.5. The Bertz CT molecular complexity index is 615. The molecule has 3 fully saturated rings. The fourth-order valence-corrected chi connectivity index (χ4v) is 4.79. The van der Waals surface area contributed by atoms with Gasteiger partial charge in [0.1, 0.15) is 6.26 Å². The van der Waals surface area contributed by atoms with Crippen LogP contribution >= 0.6 is 0 Å². The number of piperazine rings is 1. The highest BCUT2D eigenvalue weighted by molar-refractivity contribution is 5.80. The molecule has 156 valence electrons. The van der Waals surface area contributed by atoms with E-state index in [9.17, 15) is 0 Å². The molecule has 0 spiro atoms. The van der Waals surface area contributed by atoms with Crippen LogP contribution in [0.3, 0.4) is 0 Å². The lowest BCUT2D eigenvalue weighted by Crippen LogP contribution is -2.60. The minimum atomic E-state index is 0.222. The summed E-state index contributed by atoms with van der Waals surface area (Å²) in [5.74, 6) is 1.03. The van der Waals surface area contributed by atoms with Crippen molar-refractivity contribution in [1.29, 1.82) is 0 Å². The van der Waals surface area contributed by atoms with E-state index in [1.807, 2.05) is 13.1 Å². The Labute approximate surface area is 167 Å². The van der Waals surface area contributed by atoms with Crippen LogP contribution in [-0.2, 0) is 11.3 Å². The average Bonchev–Trinajstić information content (AvgIpc) is 3.45. The van der Waals surface area contributed by atoms with Crippen LogP contribution in [-0.4, -0.2) is 97.4 Å². The van der Waals surface area contributed by atoms with Crippen molar-refractivity contribution in [3.05, 3.63) is 18.0 Å². The van der Waals surface area contributed by atoms with E-state index in [4.69, 9.17) is 9.26 Å². The number of likely N-dealkylation sites (tertiary alicyclic amines) is 1. The monoisotopic (exact) mass is 390 g/mol. The smallest absolute Gasteiger partial charge is 0.193 e. The molecule has 8 heteroatoms. The molecule has 3 saturated heterocycles. The van der Waals surface area contributed by atoms with Gasteiger partial charge < -0.3 is 19.5 Å². The summed E-state index contributed by atoms with van der Waals surface area (Å²) in [7, 11) is 1.90. The maximum absolute atomic E-state index is 5.68. The maximum atomic E-state index is 5.68. The summed E-state index contributed by atoms with van der Waals surface area (Å²) in [5.41, 5.74) is 1.22. The number of nitrogens with one attached hydrogen (secondary N) is 1. The fraction of sp³-hybridized carbons (Fsp3) is 0.800.